The molecule has 1 aliphatic heterocycles. The predicted molar refractivity (Wildman–Crippen MR) is 121 cm³/mol. The zero-order valence-corrected chi connectivity index (χ0v) is 18.0. The number of carboxylic acid groups (broad SMARTS) is 1. The summed E-state index contributed by atoms with van der Waals surface area (Å²) < 4.78 is 0. The minimum absolute atomic E-state index is 0.0642. The molecule has 3 rings (SSSR count). The third kappa shape index (κ3) is 5.48. The van der Waals surface area contributed by atoms with E-state index in [-0.39, 0.29) is 17.4 Å². The molecule has 0 fully saturated rings. The first-order valence-electron chi connectivity index (χ1n) is 11.0. The summed E-state index contributed by atoms with van der Waals surface area (Å²) in [6.45, 7) is 6.27. The first-order chi connectivity index (χ1) is 14.5. The Hall–Kier alpha value is -2.66. The Balaban J connectivity index is 2.01. The highest BCUT2D eigenvalue weighted by molar-refractivity contribution is 5.96. The zero-order chi connectivity index (χ0) is 21.5. The quantitative estimate of drug-likeness (QED) is 0.742. The number of nitrogens with one attached hydrogen (secondary N) is 1. The molecule has 0 saturated heterocycles. The second-order valence-electron chi connectivity index (χ2n) is 8.32. The van der Waals surface area contributed by atoms with E-state index in [2.05, 4.69) is 11.4 Å². The average molecular weight is 409 g/mol. The van der Waals surface area contributed by atoms with Gasteiger partial charge in [-0.15, -0.1) is 0 Å². The van der Waals surface area contributed by atoms with Gasteiger partial charge in [0.05, 0.1) is 5.56 Å². The van der Waals surface area contributed by atoms with Crippen LogP contribution in [0.5, 0.6) is 0 Å². The van der Waals surface area contributed by atoms with Crippen LogP contribution in [-0.2, 0) is 11.3 Å². The maximum absolute atomic E-state index is 13.0. The van der Waals surface area contributed by atoms with Crippen LogP contribution in [0, 0.1) is 5.92 Å². The number of carboxylic acids is 1. The molecule has 1 heterocycles. The monoisotopic (exact) mass is 408 g/mol. The van der Waals surface area contributed by atoms with Gasteiger partial charge in [-0.2, -0.15) is 0 Å². The van der Waals surface area contributed by atoms with Gasteiger partial charge in [-0.25, -0.2) is 4.79 Å². The molecule has 2 N–H and O–H groups in total. The summed E-state index contributed by atoms with van der Waals surface area (Å²) in [5.74, 6) is -0.849. The number of anilines is 1. The van der Waals surface area contributed by atoms with Crippen LogP contribution < -0.4 is 10.2 Å². The summed E-state index contributed by atoms with van der Waals surface area (Å²) >= 11 is 0. The molecule has 160 valence electrons. The molecule has 5 nitrogen and oxygen atoms in total. The Bertz CT molecular complexity index is 892. The molecule has 5 heteroatoms. The van der Waals surface area contributed by atoms with Gasteiger partial charge in [-0.1, -0.05) is 51.3 Å². The van der Waals surface area contributed by atoms with Crippen LogP contribution in [0.2, 0.25) is 0 Å². The summed E-state index contributed by atoms with van der Waals surface area (Å²) in [6, 6.07) is 13.1. The molecule has 0 atom stereocenters. The zero-order valence-electron chi connectivity index (χ0n) is 18.0. The molecular weight excluding hydrogens is 376 g/mol. The van der Waals surface area contributed by atoms with Crippen LogP contribution in [0.3, 0.4) is 0 Å². The lowest BCUT2D eigenvalue weighted by Gasteiger charge is -2.28. The van der Waals surface area contributed by atoms with Crippen molar-refractivity contribution >= 4 is 17.6 Å². The average Bonchev–Trinajstić information content (AvgIpc) is 2.73. The van der Waals surface area contributed by atoms with Crippen molar-refractivity contribution in [3.05, 3.63) is 53.6 Å². The van der Waals surface area contributed by atoms with Crippen molar-refractivity contribution in [3.8, 4) is 11.1 Å². The largest absolute Gasteiger partial charge is 0.478 e. The second-order valence-corrected chi connectivity index (χ2v) is 8.32. The van der Waals surface area contributed by atoms with Gasteiger partial charge in [-0.3, -0.25) is 4.79 Å². The number of benzene rings is 2. The number of amides is 1. The van der Waals surface area contributed by atoms with Crippen LogP contribution in [0.15, 0.2) is 42.5 Å². The fourth-order valence-electron chi connectivity index (χ4n) is 3.94. The smallest absolute Gasteiger partial charge is 0.335 e. The molecule has 0 radical (unpaired) electrons. The van der Waals surface area contributed by atoms with Crippen LogP contribution in [0.1, 0.15) is 61.9 Å². The molecule has 0 saturated carbocycles. The summed E-state index contributed by atoms with van der Waals surface area (Å²) in [5.41, 5.74) is 4.13. The molecular formula is C25H32N2O3. The van der Waals surface area contributed by atoms with E-state index in [1.165, 1.54) is 12.8 Å². The van der Waals surface area contributed by atoms with Gasteiger partial charge in [0.1, 0.15) is 0 Å². The Morgan fingerprint density at radius 2 is 1.70 bits per heavy atom. The van der Waals surface area contributed by atoms with E-state index in [1.807, 2.05) is 36.9 Å². The molecule has 2 aromatic carbocycles. The summed E-state index contributed by atoms with van der Waals surface area (Å²) in [5, 5.41) is 12.8. The van der Waals surface area contributed by atoms with Crippen molar-refractivity contribution in [1.82, 2.24) is 5.32 Å². The maximum atomic E-state index is 13.0. The van der Waals surface area contributed by atoms with Gasteiger partial charge in [-0.05, 0) is 60.3 Å². The topological polar surface area (TPSA) is 69.6 Å². The molecule has 0 spiro atoms. The minimum Gasteiger partial charge on any atom is -0.478 e. The predicted octanol–water partition coefficient (Wildman–Crippen LogP) is 5.09. The lowest BCUT2D eigenvalue weighted by Crippen LogP contribution is -2.36. The molecule has 30 heavy (non-hydrogen) atoms. The van der Waals surface area contributed by atoms with Crippen molar-refractivity contribution in [3.63, 3.8) is 0 Å². The Kier molecular flexibility index (Phi) is 7.63. The Morgan fingerprint density at radius 1 is 0.967 bits per heavy atom. The van der Waals surface area contributed by atoms with E-state index in [1.54, 1.807) is 18.2 Å². The van der Waals surface area contributed by atoms with Crippen LogP contribution in [-0.4, -0.2) is 30.1 Å². The Labute approximate surface area is 179 Å². The SMILES string of the molecule is CC(C)C(=O)N1CCCCCCCNCc2cc(-c3cccc(C(=O)O)c3)ccc21. The number of hydrogen-bond donors (Lipinski definition) is 2. The highest BCUT2D eigenvalue weighted by Gasteiger charge is 2.22. The first kappa shape index (κ1) is 22.0. The van der Waals surface area contributed by atoms with Gasteiger partial charge < -0.3 is 15.3 Å². The van der Waals surface area contributed by atoms with E-state index in [0.717, 1.165) is 54.7 Å². The van der Waals surface area contributed by atoms with E-state index in [4.69, 9.17) is 0 Å². The van der Waals surface area contributed by atoms with Crippen molar-refractivity contribution in [2.24, 2.45) is 5.92 Å². The maximum Gasteiger partial charge on any atom is 0.335 e. The van der Waals surface area contributed by atoms with Crippen LogP contribution in [0.25, 0.3) is 11.1 Å². The van der Waals surface area contributed by atoms with E-state index < -0.39 is 5.97 Å². The molecule has 1 amide bonds. The van der Waals surface area contributed by atoms with Gasteiger partial charge in [0.2, 0.25) is 5.91 Å². The fraction of sp³-hybridized carbons (Fsp3) is 0.440. The highest BCUT2D eigenvalue weighted by atomic mass is 16.4. The number of aromatic carboxylic acids is 1. The molecule has 0 aliphatic carbocycles. The second kappa shape index (κ2) is 10.4. The number of nitrogens with zero attached hydrogens (tertiary/aromatic N) is 1. The van der Waals surface area contributed by atoms with Crippen LogP contribution >= 0.6 is 0 Å². The van der Waals surface area contributed by atoms with Crippen molar-refractivity contribution in [2.45, 2.75) is 52.5 Å². The van der Waals surface area contributed by atoms with Gasteiger partial charge in [0.25, 0.3) is 0 Å². The molecule has 2 aromatic rings. The highest BCUT2D eigenvalue weighted by Crippen LogP contribution is 2.30. The van der Waals surface area contributed by atoms with Crippen molar-refractivity contribution in [2.75, 3.05) is 18.0 Å². The normalized spacial score (nSPS) is 15.8. The fourth-order valence-corrected chi connectivity index (χ4v) is 3.94. The number of carbonyl (C=O) groups is 2. The van der Waals surface area contributed by atoms with E-state index in [0.29, 0.717) is 6.54 Å². The van der Waals surface area contributed by atoms with Gasteiger partial charge in [0, 0.05) is 24.7 Å². The summed E-state index contributed by atoms with van der Waals surface area (Å²) in [7, 11) is 0. The Morgan fingerprint density at radius 3 is 2.47 bits per heavy atom. The molecule has 0 aromatic heterocycles. The van der Waals surface area contributed by atoms with Crippen molar-refractivity contribution < 1.29 is 14.7 Å². The molecule has 0 unspecified atom stereocenters. The van der Waals surface area contributed by atoms with Crippen molar-refractivity contribution in [1.29, 1.82) is 0 Å². The van der Waals surface area contributed by atoms with Crippen LogP contribution in [0.4, 0.5) is 5.69 Å². The summed E-state index contributed by atoms with van der Waals surface area (Å²) in [6.07, 6.45) is 5.71. The summed E-state index contributed by atoms with van der Waals surface area (Å²) in [4.78, 5) is 26.3. The third-order valence-corrected chi connectivity index (χ3v) is 5.62. The lowest BCUT2D eigenvalue weighted by molar-refractivity contribution is -0.121. The molecule has 1 aliphatic rings. The lowest BCUT2D eigenvalue weighted by atomic mass is 9.98. The van der Waals surface area contributed by atoms with E-state index in [9.17, 15) is 14.7 Å². The van der Waals surface area contributed by atoms with E-state index >= 15 is 0 Å². The standard InChI is InChI=1S/C25H32N2O3/c1-18(2)24(28)27-14-7-5-3-4-6-13-26-17-22-16-20(11-12-23(22)27)19-9-8-10-21(15-19)25(29)30/h8-12,15-16,18,26H,3-7,13-14,17H2,1-2H3,(H,29,30). The number of rotatable bonds is 3. The number of hydrogen-bond acceptors (Lipinski definition) is 3. The molecule has 0 bridgehead atoms. The first-order valence-corrected chi connectivity index (χ1v) is 11.0. The minimum atomic E-state index is -0.932. The number of carbonyl (C=O) groups excluding carboxylic acids is 1. The third-order valence-electron chi connectivity index (χ3n) is 5.62. The number of fused-ring (bicyclic) bond motifs is 1. The van der Waals surface area contributed by atoms with Gasteiger partial charge in [0.15, 0.2) is 0 Å². The van der Waals surface area contributed by atoms with Gasteiger partial charge >= 0.3 is 5.97 Å².